The first kappa shape index (κ1) is 5.51. The summed E-state index contributed by atoms with van der Waals surface area (Å²) in [6, 6.07) is 0. The summed E-state index contributed by atoms with van der Waals surface area (Å²) in [6.07, 6.45) is 2.83. The van der Waals surface area contributed by atoms with Gasteiger partial charge >= 0.3 is 0 Å². The zero-order valence-electron chi connectivity index (χ0n) is 4.63. The second kappa shape index (κ2) is 2.09. The number of carbonyl (C=O) groups excluding carboxylic acids is 1. The lowest BCUT2D eigenvalue weighted by Crippen LogP contribution is -2.19. The first-order chi connectivity index (χ1) is 3.80. The molecule has 1 aliphatic rings. The van der Waals surface area contributed by atoms with Crippen molar-refractivity contribution in [2.75, 3.05) is 0 Å². The number of ketones is 1. The SMILES string of the molecule is C[C@@H]1O[CH]C=CC1=O. The fourth-order valence-corrected chi connectivity index (χ4v) is 0.500. The zero-order valence-corrected chi connectivity index (χ0v) is 4.63. The topological polar surface area (TPSA) is 26.3 Å². The summed E-state index contributed by atoms with van der Waals surface area (Å²) in [5.41, 5.74) is 0. The first-order valence-corrected chi connectivity index (χ1v) is 2.50. The Morgan fingerprint density at radius 1 is 1.75 bits per heavy atom. The molecule has 0 bridgehead atoms. The van der Waals surface area contributed by atoms with Crippen LogP contribution in [-0.2, 0) is 9.53 Å². The lowest BCUT2D eigenvalue weighted by molar-refractivity contribution is -0.123. The minimum absolute atomic E-state index is 0.0347. The third-order valence-electron chi connectivity index (χ3n) is 1.02. The minimum Gasteiger partial charge on any atom is -0.360 e. The molecule has 0 saturated heterocycles. The van der Waals surface area contributed by atoms with Crippen LogP contribution in [0, 0.1) is 6.61 Å². The van der Waals surface area contributed by atoms with E-state index in [2.05, 4.69) is 0 Å². The van der Waals surface area contributed by atoms with E-state index in [-0.39, 0.29) is 11.9 Å². The van der Waals surface area contributed by atoms with E-state index in [0.29, 0.717) is 0 Å². The largest absolute Gasteiger partial charge is 0.360 e. The Hall–Kier alpha value is -0.630. The van der Waals surface area contributed by atoms with Crippen molar-refractivity contribution in [3.63, 3.8) is 0 Å². The molecule has 1 radical (unpaired) electrons. The van der Waals surface area contributed by atoms with E-state index in [9.17, 15) is 4.79 Å². The van der Waals surface area contributed by atoms with E-state index in [1.807, 2.05) is 0 Å². The van der Waals surface area contributed by atoms with Gasteiger partial charge in [0, 0.05) is 0 Å². The van der Waals surface area contributed by atoms with Crippen LogP contribution in [0.5, 0.6) is 0 Å². The molecule has 0 N–H and O–H groups in total. The third kappa shape index (κ3) is 0.954. The van der Waals surface area contributed by atoms with Crippen molar-refractivity contribution in [3.8, 4) is 0 Å². The fraction of sp³-hybridized carbons (Fsp3) is 0.333. The Kier molecular flexibility index (Phi) is 1.44. The smallest absolute Gasteiger partial charge is 0.183 e. The quantitative estimate of drug-likeness (QED) is 0.459. The third-order valence-corrected chi connectivity index (χ3v) is 1.02. The van der Waals surface area contributed by atoms with Gasteiger partial charge < -0.3 is 4.74 Å². The summed E-state index contributed by atoms with van der Waals surface area (Å²) in [5, 5.41) is 0. The molecule has 0 aromatic carbocycles. The molecule has 2 nitrogen and oxygen atoms in total. The van der Waals surface area contributed by atoms with Gasteiger partial charge in [0.05, 0.1) is 0 Å². The minimum atomic E-state index is -0.278. The predicted molar refractivity (Wildman–Crippen MR) is 29.0 cm³/mol. The van der Waals surface area contributed by atoms with E-state index < -0.39 is 0 Å². The Morgan fingerprint density at radius 2 is 2.50 bits per heavy atom. The van der Waals surface area contributed by atoms with Crippen molar-refractivity contribution in [1.29, 1.82) is 0 Å². The van der Waals surface area contributed by atoms with Crippen LogP contribution in [-0.4, -0.2) is 11.9 Å². The summed E-state index contributed by atoms with van der Waals surface area (Å²) < 4.78 is 4.83. The molecule has 43 valence electrons. The maximum atomic E-state index is 10.6. The van der Waals surface area contributed by atoms with Crippen LogP contribution in [0.3, 0.4) is 0 Å². The van der Waals surface area contributed by atoms with Crippen molar-refractivity contribution in [2.24, 2.45) is 0 Å². The van der Waals surface area contributed by atoms with Crippen molar-refractivity contribution in [2.45, 2.75) is 13.0 Å². The van der Waals surface area contributed by atoms with Crippen LogP contribution < -0.4 is 0 Å². The van der Waals surface area contributed by atoms with Crippen LogP contribution in [0.15, 0.2) is 12.2 Å². The molecule has 2 heteroatoms. The summed E-state index contributed by atoms with van der Waals surface area (Å²) in [6.45, 7) is 3.24. The number of hydrogen-bond donors (Lipinski definition) is 0. The van der Waals surface area contributed by atoms with Gasteiger partial charge in [0.1, 0.15) is 12.7 Å². The Bertz CT molecular complexity index is 126. The van der Waals surface area contributed by atoms with Crippen LogP contribution in [0.2, 0.25) is 0 Å². The molecule has 8 heavy (non-hydrogen) atoms. The molecule has 1 rings (SSSR count). The van der Waals surface area contributed by atoms with E-state index in [1.165, 1.54) is 12.7 Å². The molecule has 0 saturated carbocycles. The Balaban J connectivity index is 2.60. The summed E-state index contributed by atoms with van der Waals surface area (Å²) in [4.78, 5) is 10.6. The fourth-order valence-electron chi connectivity index (χ4n) is 0.500. The van der Waals surface area contributed by atoms with Crippen LogP contribution in [0.1, 0.15) is 6.92 Å². The average molecular weight is 111 g/mol. The molecule has 0 aromatic heterocycles. The Morgan fingerprint density at radius 3 is 2.88 bits per heavy atom. The molecule has 0 fully saturated rings. The summed E-state index contributed by atoms with van der Waals surface area (Å²) in [7, 11) is 0. The lowest BCUT2D eigenvalue weighted by Gasteiger charge is -2.10. The van der Waals surface area contributed by atoms with Crippen LogP contribution in [0.25, 0.3) is 0 Å². The maximum Gasteiger partial charge on any atom is 0.183 e. The van der Waals surface area contributed by atoms with Gasteiger partial charge in [0.2, 0.25) is 0 Å². The molecule has 1 aliphatic heterocycles. The first-order valence-electron chi connectivity index (χ1n) is 2.50. The Labute approximate surface area is 48.1 Å². The molecule has 1 atom stereocenters. The maximum absolute atomic E-state index is 10.6. The molecule has 0 unspecified atom stereocenters. The van der Waals surface area contributed by atoms with Gasteiger partial charge in [0.25, 0.3) is 0 Å². The molecular weight excluding hydrogens is 104 g/mol. The molecule has 0 spiro atoms. The molecule has 0 amide bonds. The van der Waals surface area contributed by atoms with Gasteiger partial charge in [-0.2, -0.15) is 0 Å². The highest BCUT2D eigenvalue weighted by Crippen LogP contribution is 2.02. The summed E-state index contributed by atoms with van der Waals surface area (Å²) >= 11 is 0. The van der Waals surface area contributed by atoms with Crippen LogP contribution >= 0.6 is 0 Å². The zero-order chi connectivity index (χ0) is 5.98. The highest BCUT2D eigenvalue weighted by molar-refractivity contribution is 5.94. The van der Waals surface area contributed by atoms with Gasteiger partial charge in [0.15, 0.2) is 5.78 Å². The summed E-state index contributed by atoms with van der Waals surface area (Å²) in [5.74, 6) is 0.0347. The van der Waals surface area contributed by atoms with Gasteiger partial charge in [-0.15, -0.1) is 0 Å². The van der Waals surface area contributed by atoms with Gasteiger partial charge in [-0.3, -0.25) is 4.79 Å². The van der Waals surface area contributed by atoms with E-state index in [1.54, 1.807) is 13.0 Å². The molecular formula is C6H7O2. The van der Waals surface area contributed by atoms with Gasteiger partial charge in [-0.1, -0.05) is 0 Å². The number of rotatable bonds is 0. The molecule has 0 aromatic rings. The number of ether oxygens (including phenoxy) is 1. The lowest BCUT2D eigenvalue weighted by atomic mass is 10.2. The molecule has 0 aliphatic carbocycles. The second-order valence-corrected chi connectivity index (χ2v) is 1.68. The van der Waals surface area contributed by atoms with E-state index in [0.717, 1.165) is 0 Å². The van der Waals surface area contributed by atoms with Gasteiger partial charge in [-0.25, -0.2) is 0 Å². The highest BCUT2D eigenvalue weighted by Gasteiger charge is 2.12. The standard InChI is InChI=1S/C6H7O2/c1-5-6(7)3-2-4-8-5/h2-5H,1H3/t5-/m0/s1. The normalized spacial score (nSPS) is 28.6. The average Bonchev–Trinajstić information content (AvgIpc) is 1.77. The van der Waals surface area contributed by atoms with E-state index in [4.69, 9.17) is 4.74 Å². The highest BCUT2D eigenvalue weighted by atomic mass is 16.5. The monoisotopic (exact) mass is 111 g/mol. The van der Waals surface area contributed by atoms with Crippen molar-refractivity contribution in [1.82, 2.24) is 0 Å². The predicted octanol–water partition coefficient (Wildman–Crippen LogP) is 0.692. The van der Waals surface area contributed by atoms with Crippen molar-refractivity contribution in [3.05, 3.63) is 18.8 Å². The van der Waals surface area contributed by atoms with Crippen molar-refractivity contribution < 1.29 is 9.53 Å². The van der Waals surface area contributed by atoms with Crippen molar-refractivity contribution >= 4 is 5.78 Å². The molecule has 1 heterocycles. The second-order valence-electron chi connectivity index (χ2n) is 1.68. The van der Waals surface area contributed by atoms with Crippen LogP contribution in [0.4, 0.5) is 0 Å². The van der Waals surface area contributed by atoms with E-state index >= 15 is 0 Å². The number of carbonyl (C=O) groups is 1. The van der Waals surface area contributed by atoms with Gasteiger partial charge in [-0.05, 0) is 19.1 Å². The number of hydrogen-bond acceptors (Lipinski definition) is 2.